The van der Waals surface area contributed by atoms with E-state index in [1.54, 1.807) is 27.6 Å². The Morgan fingerprint density at radius 2 is 2.17 bits per heavy atom. The Morgan fingerprint density at radius 1 is 1.31 bits per heavy atom. The third-order valence-corrected chi connectivity index (χ3v) is 5.63. The molecule has 1 aromatic carbocycles. The van der Waals surface area contributed by atoms with Crippen LogP contribution >= 0.6 is 11.3 Å². The van der Waals surface area contributed by atoms with Crippen molar-refractivity contribution in [2.24, 2.45) is 0 Å². The number of aryl methyl sites for hydroxylation is 2. The van der Waals surface area contributed by atoms with Gasteiger partial charge in [0, 0.05) is 25.5 Å². The maximum absolute atomic E-state index is 13.5. The number of fused-ring (bicyclic) bond motifs is 1. The molecule has 9 heteroatoms. The van der Waals surface area contributed by atoms with Crippen LogP contribution < -0.4 is 9.64 Å². The van der Waals surface area contributed by atoms with E-state index in [4.69, 9.17) is 9.72 Å². The number of aromatic nitrogens is 5. The molecule has 3 heterocycles. The van der Waals surface area contributed by atoms with E-state index in [0.717, 1.165) is 21.7 Å². The number of anilines is 1. The molecule has 3 aromatic heterocycles. The number of carbonyl (C=O) groups excluding carboxylic acids is 1. The van der Waals surface area contributed by atoms with Crippen LogP contribution in [0.1, 0.15) is 23.1 Å². The van der Waals surface area contributed by atoms with E-state index in [9.17, 15) is 4.79 Å². The molecule has 0 saturated carbocycles. The summed E-state index contributed by atoms with van der Waals surface area (Å²) in [5, 5.41) is 9.31. The maximum atomic E-state index is 13.5. The zero-order chi connectivity index (χ0) is 20.4. The standard InChI is InChI=1S/C20H22N6O2S/c1-4-26-17(12-14(2)23-26)19(27)25(11-10-24-9-5-8-21-24)20-22-16-7-6-15(28-3)13-18(16)29-20/h5-9,12-13H,4,10-11H2,1-3H3. The quantitative estimate of drug-likeness (QED) is 0.467. The van der Waals surface area contributed by atoms with Gasteiger partial charge >= 0.3 is 0 Å². The van der Waals surface area contributed by atoms with Crippen LogP contribution in [-0.2, 0) is 13.1 Å². The smallest absolute Gasteiger partial charge is 0.278 e. The number of nitrogens with zero attached hydrogens (tertiary/aromatic N) is 6. The maximum Gasteiger partial charge on any atom is 0.278 e. The molecule has 4 aromatic rings. The average molecular weight is 411 g/mol. The second-order valence-electron chi connectivity index (χ2n) is 6.54. The molecular formula is C20H22N6O2S. The Hall–Kier alpha value is -3.20. The van der Waals surface area contributed by atoms with Gasteiger partial charge in [-0.05, 0) is 44.2 Å². The fourth-order valence-electron chi connectivity index (χ4n) is 3.15. The molecule has 0 N–H and O–H groups in total. The number of methoxy groups -OCH3 is 1. The van der Waals surface area contributed by atoms with Crippen LogP contribution in [0.4, 0.5) is 5.13 Å². The summed E-state index contributed by atoms with van der Waals surface area (Å²) in [6, 6.07) is 9.41. The molecule has 0 radical (unpaired) electrons. The second-order valence-corrected chi connectivity index (χ2v) is 7.55. The minimum atomic E-state index is -0.120. The molecule has 0 aliphatic carbocycles. The van der Waals surface area contributed by atoms with Gasteiger partial charge in [0.25, 0.3) is 5.91 Å². The number of ether oxygens (including phenoxy) is 1. The highest BCUT2D eigenvalue weighted by Crippen LogP contribution is 2.32. The van der Waals surface area contributed by atoms with Gasteiger partial charge in [-0.1, -0.05) is 11.3 Å². The van der Waals surface area contributed by atoms with Crippen LogP contribution in [-0.4, -0.2) is 44.1 Å². The summed E-state index contributed by atoms with van der Waals surface area (Å²) in [5.41, 5.74) is 2.21. The Bertz CT molecular complexity index is 1130. The molecule has 8 nitrogen and oxygen atoms in total. The topological polar surface area (TPSA) is 78.1 Å². The Morgan fingerprint density at radius 3 is 2.90 bits per heavy atom. The minimum Gasteiger partial charge on any atom is -0.497 e. The summed E-state index contributed by atoms with van der Waals surface area (Å²) in [5.74, 6) is 0.646. The fraction of sp³-hybridized carbons (Fsp3) is 0.300. The second kappa shape index (κ2) is 8.04. The lowest BCUT2D eigenvalue weighted by Crippen LogP contribution is -2.35. The lowest BCUT2D eigenvalue weighted by Gasteiger charge is -2.20. The Labute approximate surface area is 172 Å². The molecule has 0 fully saturated rings. The molecule has 4 rings (SSSR count). The zero-order valence-electron chi connectivity index (χ0n) is 16.6. The highest BCUT2D eigenvalue weighted by atomic mass is 32.1. The van der Waals surface area contributed by atoms with Crippen molar-refractivity contribution in [1.82, 2.24) is 24.5 Å². The third kappa shape index (κ3) is 3.86. The third-order valence-electron chi connectivity index (χ3n) is 4.59. The minimum absolute atomic E-state index is 0.120. The predicted octanol–water partition coefficient (Wildman–Crippen LogP) is 3.37. The van der Waals surface area contributed by atoms with Crippen molar-refractivity contribution in [1.29, 1.82) is 0 Å². The van der Waals surface area contributed by atoms with Crippen molar-refractivity contribution in [3.8, 4) is 5.75 Å². The predicted molar refractivity (Wildman–Crippen MR) is 113 cm³/mol. The molecule has 0 spiro atoms. The number of benzene rings is 1. The van der Waals surface area contributed by atoms with Crippen molar-refractivity contribution in [2.45, 2.75) is 26.9 Å². The highest BCUT2D eigenvalue weighted by molar-refractivity contribution is 7.22. The van der Waals surface area contributed by atoms with Crippen molar-refractivity contribution in [2.75, 3.05) is 18.6 Å². The summed E-state index contributed by atoms with van der Waals surface area (Å²) in [4.78, 5) is 19.9. The first kappa shape index (κ1) is 19.1. The molecule has 0 aliphatic heterocycles. The number of amides is 1. The normalized spacial score (nSPS) is 11.1. The molecular weight excluding hydrogens is 388 g/mol. The van der Waals surface area contributed by atoms with E-state index in [-0.39, 0.29) is 5.91 Å². The van der Waals surface area contributed by atoms with Crippen LogP contribution in [0, 0.1) is 6.92 Å². The first-order chi connectivity index (χ1) is 14.1. The van der Waals surface area contributed by atoms with Gasteiger partial charge in [0.2, 0.25) is 0 Å². The summed E-state index contributed by atoms with van der Waals surface area (Å²) in [6.45, 7) is 5.50. The zero-order valence-corrected chi connectivity index (χ0v) is 17.4. The van der Waals surface area contributed by atoms with Gasteiger partial charge in [-0.25, -0.2) is 4.98 Å². The fourth-order valence-corrected chi connectivity index (χ4v) is 4.17. The summed E-state index contributed by atoms with van der Waals surface area (Å²) in [7, 11) is 1.64. The van der Waals surface area contributed by atoms with E-state index in [0.29, 0.717) is 30.5 Å². The van der Waals surface area contributed by atoms with Gasteiger partial charge in [-0.15, -0.1) is 0 Å². The Kier molecular flexibility index (Phi) is 5.30. The van der Waals surface area contributed by atoms with Crippen molar-refractivity contribution in [3.05, 3.63) is 54.1 Å². The lowest BCUT2D eigenvalue weighted by atomic mass is 10.3. The summed E-state index contributed by atoms with van der Waals surface area (Å²) in [6.07, 6.45) is 3.61. The van der Waals surface area contributed by atoms with Crippen LogP contribution in [0.3, 0.4) is 0 Å². The monoisotopic (exact) mass is 410 g/mol. The van der Waals surface area contributed by atoms with Gasteiger partial charge in [0.1, 0.15) is 11.4 Å². The molecule has 1 amide bonds. The van der Waals surface area contributed by atoms with Gasteiger partial charge in [-0.2, -0.15) is 10.2 Å². The van der Waals surface area contributed by atoms with E-state index < -0.39 is 0 Å². The van der Waals surface area contributed by atoms with Crippen molar-refractivity contribution >= 4 is 32.6 Å². The van der Waals surface area contributed by atoms with Gasteiger partial charge in [0.15, 0.2) is 5.13 Å². The van der Waals surface area contributed by atoms with Crippen molar-refractivity contribution < 1.29 is 9.53 Å². The Balaban J connectivity index is 1.72. The molecule has 0 saturated heterocycles. The molecule has 0 aliphatic rings. The largest absolute Gasteiger partial charge is 0.497 e. The molecule has 0 bridgehead atoms. The van der Waals surface area contributed by atoms with Crippen molar-refractivity contribution in [3.63, 3.8) is 0 Å². The van der Waals surface area contributed by atoms with Crippen LogP contribution in [0.15, 0.2) is 42.7 Å². The lowest BCUT2D eigenvalue weighted by molar-refractivity contribution is 0.0975. The van der Waals surface area contributed by atoms with Gasteiger partial charge in [0.05, 0.1) is 29.6 Å². The van der Waals surface area contributed by atoms with E-state index >= 15 is 0 Å². The number of thiazole rings is 1. The number of carbonyl (C=O) groups is 1. The SMILES string of the molecule is CCn1nc(C)cc1C(=O)N(CCn1cccn1)c1nc2ccc(OC)cc2s1. The highest BCUT2D eigenvalue weighted by Gasteiger charge is 2.24. The summed E-state index contributed by atoms with van der Waals surface area (Å²) >= 11 is 1.47. The molecule has 150 valence electrons. The van der Waals surface area contributed by atoms with Crippen LogP contribution in [0.25, 0.3) is 10.2 Å². The van der Waals surface area contributed by atoms with Gasteiger partial charge < -0.3 is 4.74 Å². The summed E-state index contributed by atoms with van der Waals surface area (Å²) < 4.78 is 9.82. The van der Waals surface area contributed by atoms with E-state index in [1.165, 1.54) is 11.3 Å². The average Bonchev–Trinajstić information content (AvgIpc) is 3.46. The van der Waals surface area contributed by atoms with Crippen LogP contribution in [0.2, 0.25) is 0 Å². The van der Waals surface area contributed by atoms with E-state index in [2.05, 4.69) is 10.2 Å². The number of rotatable bonds is 7. The number of hydrogen-bond donors (Lipinski definition) is 0. The first-order valence-corrected chi connectivity index (χ1v) is 10.2. The molecule has 0 atom stereocenters. The van der Waals surface area contributed by atoms with Gasteiger partial charge in [-0.3, -0.25) is 19.1 Å². The first-order valence-electron chi connectivity index (χ1n) is 9.37. The number of hydrogen-bond acceptors (Lipinski definition) is 6. The van der Waals surface area contributed by atoms with Crippen LogP contribution in [0.5, 0.6) is 5.75 Å². The van der Waals surface area contributed by atoms with E-state index in [1.807, 2.05) is 50.4 Å². The molecule has 29 heavy (non-hydrogen) atoms. The molecule has 0 unspecified atom stereocenters.